The first-order chi connectivity index (χ1) is 11.4. The lowest BCUT2D eigenvalue weighted by Crippen LogP contribution is -2.24. The predicted molar refractivity (Wildman–Crippen MR) is 91.3 cm³/mol. The average molecular weight is 351 g/mol. The van der Waals surface area contributed by atoms with Crippen LogP contribution >= 0.6 is 0 Å². The molecule has 0 aliphatic carbocycles. The van der Waals surface area contributed by atoms with Crippen LogP contribution in [0, 0.1) is 6.92 Å². The summed E-state index contributed by atoms with van der Waals surface area (Å²) >= 11 is 0. The van der Waals surface area contributed by atoms with Crippen LogP contribution in [0.1, 0.15) is 11.1 Å². The summed E-state index contributed by atoms with van der Waals surface area (Å²) in [7, 11) is 0.756. The molecule has 0 aliphatic heterocycles. The van der Waals surface area contributed by atoms with Gasteiger partial charge in [-0.3, -0.25) is 0 Å². The van der Waals surface area contributed by atoms with Gasteiger partial charge in [-0.15, -0.1) is 0 Å². The van der Waals surface area contributed by atoms with Crippen molar-refractivity contribution in [2.75, 3.05) is 21.3 Å². The molecule has 2 aromatic carbocycles. The van der Waals surface area contributed by atoms with Gasteiger partial charge < -0.3 is 14.2 Å². The standard InChI is InChI=1S/C17H21NO5S/c1-12-9-16(23-4)17(10-15(12)22-3)24(19,20)18-11-13-5-7-14(21-2)8-6-13/h5-10,18H,11H2,1-4H3. The summed E-state index contributed by atoms with van der Waals surface area (Å²) in [4.78, 5) is 0.0426. The van der Waals surface area contributed by atoms with E-state index in [0.717, 1.165) is 11.1 Å². The second-order valence-corrected chi connectivity index (χ2v) is 6.88. The topological polar surface area (TPSA) is 73.9 Å². The van der Waals surface area contributed by atoms with E-state index >= 15 is 0 Å². The van der Waals surface area contributed by atoms with E-state index in [4.69, 9.17) is 14.2 Å². The predicted octanol–water partition coefficient (Wildman–Crippen LogP) is 2.50. The van der Waals surface area contributed by atoms with Crippen LogP contribution in [0.5, 0.6) is 17.2 Å². The smallest absolute Gasteiger partial charge is 0.244 e. The zero-order valence-electron chi connectivity index (χ0n) is 14.1. The Morgan fingerprint density at radius 1 is 0.917 bits per heavy atom. The maximum absolute atomic E-state index is 12.6. The number of hydrogen-bond acceptors (Lipinski definition) is 5. The van der Waals surface area contributed by atoms with Crippen LogP contribution in [0.25, 0.3) is 0 Å². The summed E-state index contributed by atoms with van der Waals surface area (Å²) in [6, 6.07) is 10.3. The molecule has 0 spiro atoms. The molecule has 0 unspecified atom stereocenters. The Morgan fingerprint density at radius 3 is 2.08 bits per heavy atom. The van der Waals surface area contributed by atoms with E-state index in [9.17, 15) is 8.42 Å². The minimum absolute atomic E-state index is 0.0426. The molecule has 24 heavy (non-hydrogen) atoms. The zero-order chi connectivity index (χ0) is 17.7. The maximum Gasteiger partial charge on any atom is 0.244 e. The molecule has 6 nitrogen and oxygen atoms in total. The van der Waals surface area contributed by atoms with Gasteiger partial charge in [0.25, 0.3) is 0 Å². The van der Waals surface area contributed by atoms with Crippen molar-refractivity contribution < 1.29 is 22.6 Å². The largest absolute Gasteiger partial charge is 0.497 e. The number of benzene rings is 2. The minimum Gasteiger partial charge on any atom is -0.497 e. The first-order valence-corrected chi connectivity index (χ1v) is 8.75. The van der Waals surface area contributed by atoms with Gasteiger partial charge in [0.05, 0.1) is 21.3 Å². The van der Waals surface area contributed by atoms with E-state index in [2.05, 4.69) is 4.72 Å². The second-order valence-electron chi connectivity index (χ2n) is 5.15. The van der Waals surface area contributed by atoms with Gasteiger partial charge in [0.15, 0.2) is 0 Å². The molecule has 0 heterocycles. The second kappa shape index (κ2) is 7.55. The summed E-state index contributed by atoms with van der Waals surface area (Å²) in [5.41, 5.74) is 1.61. The highest BCUT2D eigenvalue weighted by molar-refractivity contribution is 7.89. The van der Waals surface area contributed by atoms with Gasteiger partial charge in [-0.1, -0.05) is 12.1 Å². The average Bonchev–Trinajstić information content (AvgIpc) is 2.60. The minimum atomic E-state index is -3.75. The summed E-state index contributed by atoms with van der Waals surface area (Å²) in [6.07, 6.45) is 0. The van der Waals surface area contributed by atoms with Gasteiger partial charge in [-0.05, 0) is 36.2 Å². The molecule has 0 amide bonds. The van der Waals surface area contributed by atoms with Crippen LogP contribution in [0.4, 0.5) is 0 Å². The van der Waals surface area contributed by atoms with Gasteiger partial charge >= 0.3 is 0 Å². The number of sulfonamides is 1. The number of methoxy groups -OCH3 is 3. The summed E-state index contributed by atoms with van der Waals surface area (Å²) in [5, 5.41) is 0. The molecular weight excluding hydrogens is 330 g/mol. The zero-order valence-corrected chi connectivity index (χ0v) is 14.9. The Kier molecular flexibility index (Phi) is 5.69. The lowest BCUT2D eigenvalue weighted by Gasteiger charge is -2.14. The molecule has 0 aliphatic rings. The molecule has 0 saturated carbocycles. The number of hydrogen-bond donors (Lipinski definition) is 1. The van der Waals surface area contributed by atoms with Crippen LogP contribution in [0.2, 0.25) is 0 Å². The Labute approximate surface area is 142 Å². The van der Waals surface area contributed by atoms with Crippen LogP contribution in [0.15, 0.2) is 41.3 Å². The molecule has 2 rings (SSSR count). The lowest BCUT2D eigenvalue weighted by molar-refractivity contribution is 0.390. The summed E-state index contributed by atoms with van der Waals surface area (Å²) < 4.78 is 43.3. The van der Waals surface area contributed by atoms with Crippen LogP contribution in [-0.2, 0) is 16.6 Å². The molecule has 7 heteroatoms. The molecule has 130 valence electrons. The monoisotopic (exact) mass is 351 g/mol. The first kappa shape index (κ1) is 18.1. The number of ether oxygens (including phenoxy) is 3. The molecule has 0 atom stereocenters. The normalized spacial score (nSPS) is 11.2. The quantitative estimate of drug-likeness (QED) is 0.830. The van der Waals surface area contributed by atoms with Crippen molar-refractivity contribution in [2.45, 2.75) is 18.4 Å². The van der Waals surface area contributed by atoms with Crippen LogP contribution in [0.3, 0.4) is 0 Å². The third-order valence-corrected chi connectivity index (χ3v) is 5.02. The van der Waals surface area contributed by atoms with E-state index in [1.165, 1.54) is 20.3 Å². The highest BCUT2D eigenvalue weighted by Crippen LogP contribution is 2.31. The van der Waals surface area contributed by atoms with Gasteiger partial charge in [0.2, 0.25) is 10.0 Å². The maximum atomic E-state index is 12.6. The molecule has 0 fully saturated rings. The van der Waals surface area contributed by atoms with Crippen molar-refractivity contribution in [3.05, 3.63) is 47.5 Å². The van der Waals surface area contributed by atoms with Gasteiger partial charge in [0.1, 0.15) is 22.1 Å². The van der Waals surface area contributed by atoms with Crippen molar-refractivity contribution in [3.63, 3.8) is 0 Å². The van der Waals surface area contributed by atoms with Crippen molar-refractivity contribution in [1.82, 2.24) is 4.72 Å². The highest BCUT2D eigenvalue weighted by Gasteiger charge is 2.21. The Morgan fingerprint density at radius 2 is 1.54 bits per heavy atom. The van der Waals surface area contributed by atoms with Crippen molar-refractivity contribution in [3.8, 4) is 17.2 Å². The van der Waals surface area contributed by atoms with E-state index in [1.54, 1.807) is 37.4 Å². The molecule has 0 aromatic heterocycles. The number of rotatable bonds is 7. The third kappa shape index (κ3) is 3.98. The van der Waals surface area contributed by atoms with E-state index < -0.39 is 10.0 Å². The molecule has 1 N–H and O–H groups in total. The van der Waals surface area contributed by atoms with Gasteiger partial charge in [-0.25, -0.2) is 13.1 Å². The fraction of sp³-hybridized carbons (Fsp3) is 0.294. The first-order valence-electron chi connectivity index (χ1n) is 7.26. The van der Waals surface area contributed by atoms with Crippen molar-refractivity contribution in [1.29, 1.82) is 0 Å². The van der Waals surface area contributed by atoms with E-state index in [0.29, 0.717) is 11.5 Å². The summed E-state index contributed by atoms with van der Waals surface area (Å²) in [6.45, 7) is 1.98. The molecule has 0 bridgehead atoms. The van der Waals surface area contributed by atoms with E-state index in [1.807, 2.05) is 6.92 Å². The van der Waals surface area contributed by atoms with Crippen LogP contribution < -0.4 is 18.9 Å². The van der Waals surface area contributed by atoms with Crippen LogP contribution in [-0.4, -0.2) is 29.7 Å². The Hall–Kier alpha value is -2.25. The fourth-order valence-corrected chi connectivity index (χ4v) is 3.41. The lowest BCUT2D eigenvalue weighted by atomic mass is 10.2. The number of nitrogens with one attached hydrogen (secondary N) is 1. The fourth-order valence-electron chi connectivity index (χ4n) is 2.23. The number of aryl methyl sites for hydroxylation is 1. The van der Waals surface area contributed by atoms with Crippen molar-refractivity contribution in [2.24, 2.45) is 0 Å². The van der Waals surface area contributed by atoms with Crippen molar-refractivity contribution >= 4 is 10.0 Å². The molecular formula is C17H21NO5S. The molecule has 0 saturated heterocycles. The van der Waals surface area contributed by atoms with E-state index in [-0.39, 0.29) is 17.2 Å². The summed E-state index contributed by atoms with van der Waals surface area (Å²) in [5.74, 6) is 1.47. The molecule has 2 aromatic rings. The molecule has 0 radical (unpaired) electrons. The Balaban J connectivity index is 2.26. The third-order valence-electron chi connectivity index (χ3n) is 3.60. The SMILES string of the molecule is COc1ccc(CNS(=O)(=O)c2cc(OC)c(C)cc2OC)cc1. The van der Waals surface area contributed by atoms with Gasteiger partial charge in [0, 0.05) is 12.6 Å². The Bertz CT molecular complexity index is 800. The highest BCUT2D eigenvalue weighted by atomic mass is 32.2. The van der Waals surface area contributed by atoms with Gasteiger partial charge in [-0.2, -0.15) is 0 Å².